The molecule has 2 fully saturated rings. The molecule has 0 saturated carbocycles. The van der Waals surface area contributed by atoms with Crippen molar-refractivity contribution in [2.75, 3.05) is 18.4 Å². The molecule has 0 bridgehead atoms. The zero-order valence-corrected chi connectivity index (χ0v) is 20.2. The molecule has 3 aliphatic heterocycles. The summed E-state index contributed by atoms with van der Waals surface area (Å²) in [6.45, 7) is 3.56. The van der Waals surface area contributed by atoms with Crippen LogP contribution >= 0.6 is 0 Å². The molecule has 0 aromatic heterocycles. The molecule has 3 aliphatic rings. The van der Waals surface area contributed by atoms with E-state index in [1.807, 2.05) is 48.2 Å². The number of rotatable bonds is 2. The number of nitrogens with one attached hydrogen (secondary N) is 2. The first kappa shape index (κ1) is 23.6. The number of piperidine rings is 2. The number of hydrogen-bond acceptors (Lipinski definition) is 4. The van der Waals surface area contributed by atoms with Crippen molar-refractivity contribution in [1.29, 1.82) is 0 Å². The van der Waals surface area contributed by atoms with Gasteiger partial charge in [0, 0.05) is 48.8 Å². The van der Waals surface area contributed by atoms with Crippen LogP contribution in [0.5, 0.6) is 0 Å². The number of carbonyl (C=O) groups excluding carboxylic acids is 4. The van der Waals surface area contributed by atoms with E-state index in [4.69, 9.17) is 0 Å². The topological polar surface area (TPSA) is 98.8 Å². The van der Waals surface area contributed by atoms with Crippen LogP contribution < -0.4 is 10.6 Å². The Morgan fingerprint density at radius 2 is 1.83 bits per heavy atom. The van der Waals surface area contributed by atoms with E-state index >= 15 is 0 Å². The summed E-state index contributed by atoms with van der Waals surface area (Å²) in [6, 6.07) is 12.5. The lowest BCUT2D eigenvalue weighted by atomic mass is 9.96. The fourth-order valence-electron chi connectivity index (χ4n) is 5.03. The lowest BCUT2D eigenvalue weighted by Gasteiger charge is -2.30. The molecule has 36 heavy (non-hydrogen) atoms. The van der Waals surface area contributed by atoms with Gasteiger partial charge < -0.3 is 15.1 Å². The summed E-state index contributed by atoms with van der Waals surface area (Å²) in [5.74, 6) is 5.85. The number of fused-ring (bicyclic) bond motifs is 1. The highest BCUT2D eigenvalue weighted by Gasteiger charge is 2.39. The second kappa shape index (κ2) is 9.86. The van der Waals surface area contributed by atoms with E-state index in [0.717, 1.165) is 35.2 Å². The zero-order valence-electron chi connectivity index (χ0n) is 20.2. The number of urea groups is 1. The monoisotopic (exact) mass is 484 g/mol. The molecule has 2 N–H and O–H groups in total. The summed E-state index contributed by atoms with van der Waals surface area (Å²) in [7, 11) is 0. The lowest BCUT2D eigenvalue weighted by molar-refractivity contribution is -0.136. The van der Waals surface area contributed by atoms with E-state index in [1.54, 1.807) is 11.0 Å². The standard InChI is InChI=1S/C28H28N4O4/c1-18-4-2-6-21(16-18)29-28(36)31-14-12-19(13-15-31)8-9-20-5-3-7-22-23(20)17-32(27(22)35)24-10-11-25(33)30-26(24)34/h2-7,16,19,24H,10-15,17H2,1H3,(H,29,36)(H,30,33,34). The van der Waals surface area contributed by atoms with Crippen molar-refractivity contribution in [1.82, 2.24) is 15.1 Å². The molecule has 8 heteroatoms. The first-order chi connectivity index (χ1) is 17.4. The molecule has 5 rings (SSSR count). The summed E-state index contributed by atoms with van der Waals surface area (Å²) in [5, 5.41) is 5.29. The number of imide groups is 1. The lowest BCUT2D eigenvalue weighted by Crippen LogP contribution is -2.52. The summed E-state index contributed by atoms with van der Waals surface area (Å²) < 4.78 is 0. The van der Waals surface area contributed by atoms with Gasteiger partial charge in [-0.1, -0.05) is 30.0 Å². The van der Waals surface area contributed by atoms with Crippen LogP contribution in [-0.2, 0) is 16.1 Å². The van der Waals surface area contributed by atoms with Gasteiger partial charge in [0.25, 0.3) is 5.91 Å². The van der Waals surface area contributed by atoms with Crippen molar-refractivity contribution in [2.24, 2.45) is 5.92 Å². The molecule has 8 nitrogen and oxygen atoms in total. The second-order valence-electron chi connectivity index (χ2n) is 9.56. The Morgan fingerprint density at radius 1 is 1.06 bits per heavy atom. The van der Waals surface area contributed by atoms with Gasteiger partial charge in [-0.05, 0) is 61.6 Å². The third kappa shape index (κ3) is 4.82. The van der Waals surface area contributed by atoms with E-state index in [9.17, 15) is 19.2 Å². The van der Waals surface area contributed by atoms with Crippen LogP contribution in [0.4, 0.5) is 10.5 Å². The van der Waals surface area contributed by atoms with E-state index < -0.39 is 11.9 Å². The molecule has 2 saturated heterocycles. The molecular formula is C28H28N4O4. The highest BCUT2D eigenvalue weighted by Crippen LogP contribution is 2.29. The molecule has 2 aromatic carbocycles. The average Bonchev–Trinajstić information content (AvgIpc) is 3.20. The Morgan fingerprint density at radius 3 is 2.58 bits per heavy atom. The molecule has 5 amide bonds. The molecule has 0 aliphatic carbocycles. The second-order valence-corrected chi connectivity index (χ2v) is 9.56. The molecule has 2 aromatic rings. The van der Waals surface area contributed by atoms with Gasteiger partial charge in [0.05, 0.1) is 0 Å². The first-order valence-electron chi connectivity index (χ1n) is 12.3. The molecular weight excluding hydrogens is 456 g/mol. The maximum atomic E-state index is 13.0. The SMILES string of the molecule is Cc1cccc(NC(=O)N2CCC(C#Cc3cccc4c3CN(C3CCC(=O)NC3=O)C4=O)CC2)c1. The van der Waals surface area contributed by atoms with Crippen LogP contribution in [0.3, 0.4) is 0 Å². The number of benzene rings is 2. The average molecular weight is 485 g/mol. The summed E-state index contributed by atoms with van der Waals surface area (Å²) in [4.78, 5) is 52.8. The predicted octanol–water partition coefficient (Wildman–Crippen LogP) is 3.05. The normalized spacial score (nSPS) is 19.9. The zero-order chi connectivity index (χ0) is 25.2. The maximum Gasteiger partial charge on any atom is 0.321 e. The van der Waals surface area contributed by atoms with Crippen LogP contribution in [0.15, 0.2) is 42.5 Å². The number of anilines is 1. The number of hydrogen-bond donors (Lipinski definition) is 2. The molecule has 0 radical (unpaired) electrons. The Hall–Kier alpha value is -4.12. The number of nitrogens with zero attached hydrogens (tertiary/aromatic N) is 2. The van der Waals surface area contributed by atoms with E-state index in [0.29, 0.717) is 31.6 Å². The van der Waals surface area contributed by atoms with Gasteiger partial charge in [-0.15, -0.1) is 0 Å². The van der Waals surface area contributed by atoms with E-state index in [-0.39, 0.29) is 30.2 Å². The highest BCUT2D eigenvalue weighted by atomic mass is 16.2. The maximum absolute atomic E-state index is 13.0. The summed E-state index contributed by atoms with van der Waals surface area (Å²) in [5.41, 5.74) is 4.07. The van der Waals surface area contributed by atoms with Gasteiger partial charge in [-0.2, -0.15) is 0 Å². The predicted molar refractivity (Wildman–Crippen MR) is 134 cm³/mol. The van der Waals surface area contributed by atoms with Crippen molar-refractivity contribution in [3.05, 3.63) is 64.7 Å². The third-order valence-electron chi connectivity index (χ3n) is 7.04. The Kier molecular flexibility index (Phi) is 6.47. The van der Waals surface area contributed by atoms with Crippen molar-refractivity contribution < 1.29 is 19.2 Å². The number of aryl methyl sites for hydroxylation is 1. The minimum absolute atomic E-state index is 0.0973. The molecule has 1 unspecified atom stereocenters. The Labute approximate surface area is 210 Å². The number of likely N-dealkylation sites (tertiary alicyclic amines) is 1. The van der Waals surface area contributed by atoms with Crippen molar-refractivity contribution in [3.63, 3.8) is 0 Å². The van der Waals surface area contributed by atoms with Crippen LogP contribution in [-0.4, -0.2) is 52.7 Å². The van der Waals surface area contributed by atoms with Crippen LogP contribution in [0.25, 0.3) is 0 Å². The molecule has 3 heterocycles. The number of carbonyl (C=O) groups is 4. The first-order valence-corrected chi connectivity index (χ1v) is 12.3. The minimum atomic E-state index is -0.640. The van der Waals surface area contributed by atoms with Gasteiger partial charge in [0.15, 0.2) is 0 Å². The van der Waals surface area contributed by atoms with Gasteiger partial charge in [0.2, 0.25) is 11.8 Å². The quantitative estimate of drug-likeness (QED) is 0.506. The van der Waals surface area contributed by atoms with Gasteiger partial charge in [-0.25, -0.2) is 4.79 Å². The largest absolute Gasteiger partial charge is 0.324 e. The van der Waals surface area contributed by atoms with Crippen molar-refractivity contribution in [2.45, 2.75) is 45.2 Å². The van der Waals surface area contributed by atoms with Crippen LogP contribution in [0.1, 0.15) is 52.7 Å². The van der Waals surface area contributed by atoms with Gasteiger partial charge in [-0.3, -0.25) is 19.7 Å². The van der Waals surface area contributed by atoms with E-state index in [1.165, 1.54) is 0 Å². The third-order valence-corrected chi connectivity index (χ3v) is 7.04. The van der Waals surface area contributed by atoms with E-state index in [2.05, 4.69) is 22.5 Å². The molecule has 0 spiro atoms. The van der Waals surface area contributed by atoms with Gasteiger partial charge >= 0.3 is 6.03 Å². The highest BCUT2D eigenvalue weighted by molar-refractivity contribution is 6.05. The van der Waals surface area contributed by atoms with Gasteiger partial charge in [0.1, 0.15) is 6.04 Å². The summed E-state index contributed by atoms with van der Waals surface area (Å²) in [6.07, 6.45) is 2.13. The molecule has 1 atom stereocenters. The fourth-order valence-corrected chi connectivity index (χ4v) is 5.03. The number of amides is 5. The minimum Gasteiger partial charge on any atom is -0.324 e. The van der Waals surface area contributed by atoms with Crippen molar-refractivity contribution in [3.8, 4) is 11.8 Å². The molecule has 184 valence electrons. The Balaban J connectivity index is 1.21. The smallest absolute Gasteiger partial charge is 0.321 e. The Bertz CT molecular complexity index is 1300. The van der Waals surface area contributed by atoms with Crippen molar-refractivity contribution >= 4 is 29.4 Å². The van der Waals surface area contributed by atoms with Crippen LogP contribution in [0, 0.1) is 24.7 Å². The fraction of sp³-hybridized carbons (Fsp3) is 0.357. The summed E-state index contributed by atoms with van der Waals surface area (Å²) >= 11 is 0. The van der Waals surface area contributed by atoms with Crippen LogP contribution in [0.2, 0.25) is 0 Å².